The molecule has 1 aromatic heterocycles. The Labute approximate surface area is 119 Å². The van der Waals surface area contributed by atoms with Crippen LogP contribution in [0.15, 0.2) is 18.5 Å². The molecule has 5 heteroatoms. The van der Waals surface area contributed by atoms with E-state index in [1.54, 1.807) is 6.33 Å². The fourth-order valence-electron chi connectivity index (χ4n) is 2.12. The highest BCUT2D eigenvalue weighted by molar-refractivity contribution is 5.91. The zero-order valence-electron chi connectivity index (χ0n) is 12.8. The van der Waals surface area contributed by atoms with Crippen LogP contribution in [-0.4, -0.2) is 44.3 Å². The molecule has 1 aromatic carbocycles. The van der Waals surface area contributed by atoms with Gasteiger partial charge in [0.25, 0.3) is 0 Å². The van der Waals surface area contributed by atoms with Crippen LogP contribution in [0.2, 0.25) is 0 Å². The minimum Gasteiger partial charge on any atom is -0.490 e. The minimum absolute atomic E-state index is 0.596. The summed E-state index contributed by atoms with van der Waals surface area (Å²) >= 11 is 0. The molecule has 0 unspecified atom stereocenters. The molecule has 0 atom stereocenters. The van der Waals surface area contributed by atoms with Gasteiger partial charge in [-0.1, -0.05) is 0 Å². The Bertz CT molecular complexity index is 606. The first-order chi connectivity index (χ1) is 9.47. The van der Waals surface area contributed by atoms with Crippen molar-refractivity contribution in [3.05, 3.63) is 18.5 Å². The third-order valence-electron chi connectivity index (χ3n) is 2.91. The summed E-state index contributed by atoms with van der Waals surface area (Å²) in [6.45, 7) is 5.11. The van der Waals surface area contributed by atoms with Crippen molar-refractivity contribution in [2.75, 3.05) is 34.4 Å². The number of ether oxygens (including phenoxy) is 2. The fraction of sp³-hybridized carbons (Fsp3) is 0.467. The van der Waals surface area contributed by atoms with E-state index in [2.05, 4.69) is 31.1 Å². The van der Waals surface area contributed by atoms with Gasteiger partial charge in [-0.05, 0) is 13.8 Å². The van der Waals surface area contributed by atoms with E-state index in [4.69, 9.17) is 9.47 Å². The SMILES string of the molecule is CCOc1cc2ncnc([N+](C)(C)C)c2cc1OCC. The van der Waals surface area contributed by atoms with Crippen molar-refractivity contribution >= 4 is 16.7 Å². The summed E-state index contributed by atoms with van der Waals surface area (Å²) in [6, 6.07) is 3.90. The molecule has 0 aliphatic heterocycles. The highest BCUT2D eigenvalue weighted by Crippen LogP contribution is 2.35. The molecule has 0 N–H and O–H groups in total. The van der Waals surface area contributed by atoms with E-state index in [1.807, 2.05) is 26.0 Å². The summed E-state index contributed by atoms with van der Waals surface area (Å²) in [4.78, 5) is 8.76. The van der Waals surface area contributed by atoms with E-state index in [0.717, 1.165) is 28.2 Å². The summed E-state index contributed by atoms with van der Waals surface area (Å²) < 4.78 is 11.9. The molecule has 0 radical (unpaired) electrons. The van der Waals surface area contributed by atoms with Crippen LogP contribution < -0.4 is 14.0 Å². The van der Waals surface area contributed by atoms with Crippen LogP contribution >= 0.6 is 0 Å². The molecule has 0 fully saturated rings. The lowest BCUT2D eigenvalue weighted by Gasteiger charge is -2.23. The van der Waals surface area contributed by atoms with Gasteiger partial charge in [-0.15, -0.1) is 0 Å². The van der Waals surface area contributed by atoms with E-state index in [-0.39, 0.29) is 0 Å². The average Bonchev–Trinajstić information content (AvgIpc) is 2.38. The molecule has 2 rings (SSSR count). The lowest BCUT2D eigenvalue weighted by atomic mass is 10.2. The lowest BCUT2D eigenvalue weighted by molar-refractivity contribution is 0.288. The third-order valence-corrected chi connectivity index (χ3v) is 2.91. The molecule has 2 aromatic rings. The van der Waals surface area contributed by atoms with Gasteiger partial charge < -0.3 is 9.47 Å². The zero-order chi connectivity index (χ0) is 14.8. The van der Waals surface area contributed by atoms with Crippen LogP contribution in [0.4, 0.5) is 5.82 Å². The Morgan fingerprint density at radius 3 is 2.10 bits per heavy atom. The van der Waals surface area contributed by atoms with Crippen molar-refractivity contribution in [2.45, 2.75) is 13.8 Å². The molecule has 108 valence electrons. The Balaban J connectivity index is 2.67. The standard InChI is InChI=1S/C15H22N3O2/c1-6-19-13-8-11-12(9-14(13)20-7-2)16-10-17-15(11)18(3,4)5/h8-10H,6-7H2,1-5H3/q+1. The summed E-state index contributed by atoms with van der Waals surface area (Å²) in [5.74, 6) is 2.43. The topological polar surface area (TPSA) is 44.2 Å². The van der Waals surface area contributed by atoms with Gasteiger partial charge in [0.2, 0.25) is 5.82 Å². The Morgan fingerprint density at radius 1 is 0.950 bits per heavy atom. The second-order valence-electron chi connectivity index (χ2n) is 5.39. The summed E-state index contributed by atoms with van der Waals surface area (Å²) in [5, 5.41) is 0.993. The van der Waals surface area contributed by atoms with Crippen molar-refractivity contribution < 1.29 is 9.47 Å². The van der Waals surface area contributed by atoms with Crippen molar-refractivity contribution in [3.8, 4) is 11.5 Å². The van der Waals surface area contributed by atoms with Crippen molar-refractivity contribution in [1.82, 2.24) is 14.5 Å². The number of fused-ring (bicyclic) bond motifs is 1. The van der Waals surface area contributed by atoms with Crippen LogP contribution in [0, 0.1) is 0 Å². The van der Waals surface area contributed by atoms with Crippen LogP contribution in [0.3, 0.4) is 0 Å². The second-order valence-corrected chi connectivity index (χ2v) is 5.39. The number of hydrogen-bond donors (Lipinski definition) is 0. The Kier molecular flexibility index (Phi) is 4.09. The smallest absolute Gasteiger partial charge is 0.238 e. The molecule has 0 aliphatic rings. The molecule has 0 bridgehead atoms. The van der Waals surface area contributed by atoms with Crippen LogP contribution in [-0.2, 0) is 0 Å². The summed E-state index contributed by atoms with van der Waals surface area (Å²) in [5.41, 5.74) is 0.870. The number of hydrogen-bond acceptors (Lipinski definition) is 4. The maximum Gasteiger partial charge on any atom is 0.238 e. The molecule has 0 aliphatic carbocycles. The molecule has 20 heavy (non-hydrogen) atoms. The van der Waals surface area contributed by atoms with Gasteiger partial charge in [0, 0.05) is 12.1 Å². The molecule has 5 nitrogen and oxygen atoms in total. The maximum atomic E-state index is 5.68. The monoisotopic (exact) mass is 276 g/mol. The van der Waals surface area contributed by atoms with Gasteiger partial charge in [-0.2, -0.15) is 4.98 Å². The third kappa shape index (κ3) is 2.82. The fourth-order valence-corrected chi connectivity index (χ4v) is 2.12. The van der Waals surface area contributed by atoms with E-state index >= 15 is 0 Å². The predicted molar refractivity (Wildman–Crippen MR) is 81.4 cm³/mol. The minimum atomic E-state index is 0.596. The first-order valence-electron chi connectivity index (χ1n) is 6.83. The molecular formula is C15H22N3O2+. The van der Waals surface area contributed by atoms with Crippen molar-refractivity contribution in [3.63, 3.8) is 0 Å². The van der Waals surface area contributed by atoms with E-state index in [0.29, 0.717) is 17.7 Å². The molecule has 0 saturated carbocycles. The number of quaternary nitrogens is 1. The van der Waals surface area contributed by atoms with Gasteiger partial charge >= 0.3 is 0 Å². The quantitative estimate of drug-likeness (QED) is 0.787. The number of benzene rings is 1. The predicted octanol–water partition coefficient (Wildman–Crippen LogP) is 2.62. The summed E-state index contributed by atoms with van der Waals surface area (Å²) in [7, 11) is 6.25. The highest BCUT2D eigenvalue weighted by Gasteiger charge is 2.20. The van der Waals surface area contributed by atoms with Crippen LogP contribution in [0.25, 0.3) is 10.9 Å². The zero-order valence-corrected chi connectivity index (χ0v) is 12.8. The van der Waals surface area contributed by atoms with E-state index in [9.17, 15) is 0 Å². The largest absolute Gasteiger partial charge is 0.490 e. The Hall–Kier alpha value is -1.88. The van der Waals surface area contributed by atoms with Gasteiger partial charge in [0.1, 0.15) is 6.33 Å². The Morgan fingerprint density at radius 2 is 1.55 bits per heavy atom. The number of rotatable bonds is 5. The first kappa shape index (κ1) is 14.5. The summed E-state index contributed by atoms with van der Waals surface area (Å²) in [6.07, 6.45) is 1.59. The molecule has 0 saturated heterocycles. The molecule has 0 amide bonds. The lowest BCUT2D eigenvalue weighted by Crippen LogP contribution is -2.35. The molecule has 0 spiro atoms. The number of aromatic nitrogens is 2. The maximum absolute atomic E-state index is 5.68. The van der Waals surface area contributed by atoms with E-state index in [1.165, 1.54) is 0 Å². The van der Waals surface area contributed by atoms with Gasteiger partial charge in [0.15, 0.2) is 11.5 Å². The van der Waals surface area contributed by atoms with Gasteiger partial charge in [0.05, 0.1) is 45.3 Å². The van der Waals surface area contributed by atoms with Crippen LogP contribution in [0.5, 0.6) is 11.5 Å². The first-order valence-corrected chi connectivity index (χ1v) is 6.83. The van der Waals surface area contributed by atoms with Crippen molar-refractivity contribution in [2.24, 2.45) is 0 Å². The second kappa shape index (κ2) is 5.63. The number of nitrogens with zero attached hydrogens (tertiary/aromatic N) is 3. The van der Waals surface area contributed by atoms with Crippen molar-refractivity contribution in [1.29, 1.82) is 0 Å². The van der Waals surface area contributed by atoms with Gasteiger partial charge in [-0.25, -0.2) is 4.98 Å². The van der Waals surface area contributed by atoms with Crippen LogP contribution in [0.1, 0.15) is 13.8 Å². The molecule has 1 heterocycles. The molecular weight excluding hydrogens is 254 g/mol. The average molecular weight is 276 g/mol. The van der Waals surface area contributed by atoms with Gasteiger partial charge in [-0.3, -0.25) is 4.48 Å². The normalized spacial score (nSPS) is 11.7. The van der Waals surface area contributed by atoms with E-state index < -0.39 is 0 Å². The highest BCUT2D eigenvalue weighted by atomic mass is 16.5.